The maximum absolute atomic E-state index is 17.2. The van der Waals surface area contributed by atoms with Gasteiger partial charge in [-0.3, -0.25) is 0 Å². The fourth-order valence-corrected chi connectivity index (χ4v) is 9.67. The number of fused-ring (bicyclic) bond motifs is 10. The van der Waals surface area contributed by atoms with Gasteiger partial charge in [-0.25, -0.2) is 0 Å². The molecule has 0 amide bonds. The number of nitrogens with zero attached hydrogens (tertiary/aromatic N) is 2. The highest BCUT2D eigenvalue weighted by Crippen LogP contribution is 2.46. The van der Waals surface area contributed by atoms with Crippen molar-refractivity contribution in [2.45, 2.75) is 97.8 Å². The van der Waals surface area contributed by atoms with Crippen LogP contribution in [0.15, 0.2) is 102 Å². The molecule has 3 aliphatic rings. The predicted molar refractivity (Wildman–Crippen MR) is 229 cm³/mol. The van der Waals surface area contributed by atoms with Crippen molar-refractivity contribution in [3.8, 4) is 0 Å². The van der Waals surface area contributed by atoms with Crippen LogP contribution in [0, 0.1) is 13.8 Å². The number of nitrogens with one attached hydrogen (secondary N) is 4. The lowest BCUT2D eigenvalue weighted by Crippen LogP contribution is -2.51. The molecular weight excluding hydrogens is 709 g/mol. The standard InChI is InChI=1S/C48H53BF2N6/c1-28-25-30(3)56-42(28)41(31-15-13-12-14-16-31)43-29(2)26-33(57(43)49(56,50)51)18-17-32-27-40-47(8,9)38-22-21-36(53-38)45(4,5)34-19-20-35(52-34)46(6,7)37-23-24-39(54-37)48(10,11)44(32)55-40/h12-27,52-55H,1-11H3/b18-17+. The van der Waals surface area contributed by atoms with Crippen LogP contribution >= 0.6 is 0 Å². The molecule has 0 aliphatic carbocycles. The molecule has 5 aromatic heterocycles. The average Bonchev–Trinajstić information content (AvgIpc) is 4.00. The van der Waals surface area contributed by atoms with Crippen LogP contribution in [-0.4, -0.2) is 41.6 Å². The zero-order chi connectivity index (χ0) is 40.6. The second kappa shape index (κ2) is 12.0. The summed E-state index contributed by atoms with van der Waals surface area (Å²) in [5, 5.41) is 0. The molecule has 0 fully saturated rings. The highest BCUT2D eigenvalue weighted by atomic mass is 19.2. The predicted octanol–water partition coefficient (Wildman–Crippen LogP) is 11.2. The summed E-state index contributed by atoms with van der Waals surface area (Å²) in [4.78, 5) is 15.3. The van der Waals surface area contributed by atoms with Crippen LogP contribution in [0.4, 0.5) is 8.63 Å². The van der Waals surface area contributed by atoms with Crippen molar-refractivity contribution in [3.63, 3.8) is 0 Å². The molecule has 1 aromatic carbocycles. The Bertz CT molecular complexity index is 2740. The quantitative estimate of drug-likeness (QED) is 0.130. The average molecular weight is 763 g/mol. The summed E-state index contributed by atoms with van der Waals surface area (Å²) >= 11 is 0. The van der Waals surface area contributed by atoms with Gasteiger partial charge < -0.3 is 37.5 Å². The molecule has 6 aromatic rings. The first-order valence-electron chi connectivity index (χ1n) is 20.1. The molecule has 3 aliphatic heterocycles. The first-order chi connectivity index (χ1) is 26.8. The van der Waals surface area contributed by atoms with Crippen LogP contribution in [0.2, 0.25) is 0 Å². The Kier molecular flexibility index (Phi) is 7.78. The number of H-pyrrole nitrogens is 4. The fourth-order valence-electron chi connectivity index (χ4n) is 9.67. The Morgan fingerprint density at radius 2 is 1.09 bits per heavy atom. The minimum absolute atomic E-state index is 0.300. The van der Waals surface area contributed by atoms with E-state index in [-0.39, 0.29) is 10.8 Å². The number of aromatic amines is 4. The van der Waals surface area contributed by atoms with E-state index in [2.05, 4.69) is 118 Å². The minimum atomic E-state index is -4.20. The molecule has 0 radical (unpaired) electrons. The fraction of sp³-hybridized carbons (Fsp3) is 0.312. The molecule has 0 atom stereocenters. The van der Waals surface area contributed by atoms with Crippen LogP contribution in [-0.2, 0) is 21.7 Å². The summed E-state index contributed by atoms with van der Waals surface area (Å²) in [5.41, 5.74) is 13.7. The van der Waals surface area contributed by atoms with Crippen molar-refractivity contribution in [1.82, 2.24) is 24.4 Å². The number of benzene rings is 1. The summed E-state index contributed by atoms with van der Waals surface area (Å²) in [5.74, 6) is 0. The first kappa shape index (κ1) is 37.0. The topological polar surface area (TPSA) is 71.1 Å². The van der Waals surface area contributed by atoms with E-state index in [1.807, 2.05) is 68.5 Å². The van der Waals surface area contributed by atoms with Crippen molar-refractivity contribution >= 4 is 24.3 Å². The second-order valence-electron chi connectivity index (χ2n) is 18.7. The molecule has 9 heteroatoms. The third-order valence-corrected chi connectivity index (χ3v) is 13.5. The summed E-state index contributed by atoms with van der Waals surface area (Å²) in [6.45, 7) is 19.4. The van der Waals surface area contributed by atoms with Gasteiger partial charge in [-0.1, -0.05) is 30.3 Å². The van der Waals surface area contributed by atoms with Crippen LogP contribution in [0.3, 0.4) is 0 Å². The Labute approximate surface area is 334 Å². The largest absolute Gasteiger partial charge is 0.737 e. The van der Waals surface area contributed by atoms with E-state index in [1.165, 1.54) is 8.96 Å². The van der Waals surface area contributed by atoms with Gasteiger partial charge in [-0.15, -0.1) is 0 Å². The number of hydrogen-bond acceptors (Lipinski definition) is 0. The minimum Gasteiger partial charge on any atom is -0.393 e. The Hall–Kier alpha value is -5.57. The molecule has 57 heavy (non-hydrogen) atoms. The highest BCUT2D eigenvalue weighted by molar-refractivity contribution is 6.58. The zero-order valence-electron chi connectivity index (χ0n) is 35.0. The Balaban J connectivity index is 1.25. The molecule has 4 N–H and O–H groups in total. The molecule has 292 valence electrons. The molecule has 0 unspecified atom stereocenters. The summed E-state index contributed by atoms with van der Waals surface area (Å²) in [6.07, 6.45) is 5.82. The SMILES string of the molecule is CC1=CC(/C=C/c2cc3[nH]c2C(C)(C)c2ccc([nH]2)C(C)(C)c2ccc([nH]2)C(C)(C)c2ccc([nH]2)C3(C)C)=[N+]2C1=C(c1ccccc1)c1c(C)cc(C)n1[B-]2(F)F. The monoisotopic (exact) mass is 762 g/mol. The van der Waals surface area contributed by atoms with Gasteiger partial charge in [0.2, 0.25) is 0 Å². The van der Waals surface area contributed by atoms with Gasteiger partial charge in [-0.05, 0) is 153 Å². The summed E-state index contributed by atoms with van der Waals surface area (Å²) < 4.78 is 36.9. The van der Waals surface area contributed by atoms with E-state index < -0.39 is 17.8 Å². The first-order valence-corrected chi connectivity index (χ1v) is 20.1. The van der Waals surface area contributed by atoms with Gasteiger partial charge in [0.1, 0.15) is 0 Å². The number of aryl methyl sites for hydroxylation is 2. The maximum Gasteiger partial charge on any atom is 0.737 e. The van der Waals surface area contributed by atoms with E-state index >= 15 is 8.63 Å². The highest BCUT2D eigenvalue weighted by Gasteiger charge is 2.55. The van der Waals surface area contributed by atoms with Crippen molar-refractivity contribution in [2.24, 2.45) is 0 Å². The van der Waals surface area contributed by atoms with Crippen molar-refractivity contribution in [3.05, 3.63) is 176 Å². The normalized spacial score (nSPS) is 19.9. The lowest BCUT2D eigenvalue weighted by molar-refractivity contribution is -0.362. The summed E-state index contributed by atoms with van der Waals surface area (Å²) in [7, 11) is 0. The van der Waals surface area contributed by atoms with E-state index in [0.717, 1.165) is 73.4 Å². The lowest BCUT2D eigenvalue weighted by Gasteiger charge is -2.34. The van der Waals surface area contributed by atoms with Crippen LogP contribution in [0.5, 0.6) is 0 Å². The number of rotatable bonds is 3. The van der Waals surface area contributed by atoms with Gasteiger partial charge in [0.05, 0.1) is 5.57 Å². The van der Waals surface area contributed by atoms with Gasteiger partial charge in [0.25, 0.3) is 0 Å². The molecule has 9 rings (SSSR count). The van der Waals surface area contributed by atoms with Gasteiger partial charge in [0, 0.05) is 90.6 Å². The second-order valence-corrected chi connectivity index (χ2v) is 18.7. The number of allylic oxidation sites excluding steroid dienone is 3. The molecule has 0 saturated heterocycles. The summed E-state index contributed by atoms with van der Waals surface area (Å²) in [6, 6.07) is 27.2. The van der Waals surface area contributed by atoms with Crippen LogP contribution < -0.4 is 0 Å². The van der Waals surface area contributed by atoms with Crippen LogP contribution in [0.25, 0.3) is 11.6 Å². The zero-order valence-corrected chi connectivity index (χ0v) is 35.0. The number of hydrogen-bond donors (Lipinski definition) is 4. The van der Waals surface area contributed by atoms with Gasteiger partial charge in [-0.2, -0.15) is 0 Å². The van der Waals surface area contributed by atoms with Gasteiger partial charge >= 0.3 is 6.97 Å². The molecule has 0 saturated carbocycles. The van der Waals surface area contributed by atoms with Crippen LogP contribution in [0.1, 0.15) is 136 Å². The molecular formula is C48H53BF2N6. The maximum atomic E-state index is 17.2. The molecule has 8 bridgehead atoms. The van der Waals surface area contributed by atoms with Crippen molar-refractivity contribution < 1.29 is 13.1 Å². The number of aromatic nitrogens is 5. The third kappa shape index (κ3) is 5.23. The van der Waals surface area contributed by atoms with E-state index in [9.17, 15) is 0 Å². The molecule has 0 spiro atoms. The molecule has 6 nitrogen and oxygen atoms in total. The third-order valence-electron chi connectivity index (χ3n) is 13.5. The number of halogens is 2. The van der Waals surface area contributed by atoms with Gasteiger partial charge in [0.15, 0.2) is 11.4 Å². The van der Waals surface area contributed by atoms with Crippen molar-refractivity contribution in [2.75, 3.05) is 0 Å². The Morgan fingerprint density at radius 1 is 0.596 bits per heavy atom. The Morgan fingerprint density at radius 3 is 1.61 bits per heavy atom. The lowest BCUT2D eigenvalue weighted by atomic mass is 9.83. The molecule has 8 heterocycles. The smallest absolute Gasteiger partial charge is 0.393 e. The van der Waals surface area contributed by atoms with E-state index in [0.29, 0.717) is 22.8 Å². The van der Waals surface area contributed by atoms with Crippen molar-refractivity contribution in [1.29, 1.82) is 0 Å². The van der Waals surface area contributed by atoms with E-state index in [1.54, 1.807) is 6.92 Å². The van der Waals surface area contributed by atoms with E-state index in [4.69, 9.17) is 0 Å².